The number of carbonyl (C=O) groups excluding carboxylic acids is 1. The average Bonchev–Trinajstić information content (AvgIpc) is 3.31. The van der Waals surface area contributed by atoms with Crippen molar-refractivity contribution in [3.05, 3.63) is 71.6 Å². The van der Waals surface area contributed by atoms with Crippen molar-refractivity contribution in [2.24, 2.45) is 0 Å². The van der Waals surface area contributed by atoms with Gasteiger partial charge in [0.15, 0.2) is 10.9 Å². The predicted octanol–water partition coefficient (Wildman–Crippen LogP) is 5.34. The Morgan fingerprint density at radius 2 is 2.00 bits per heavy atom. The predicted molar refractivity (Wildman–Crippen MR) is 112 cm³/mol. The van der Waals surface area contributed by atoms with Crippen LogP contribution in [0.5, 0.6) is 0 Å². The van der Waals surface area contributed by atoms with Gasteiger partial charge in [0, 0.05) is 11.3 Å². The molecule has 4 aromatic rings. The Bertz CT molecular complexity index is 1110. The Hall–Kier alpha value is -2.74. The van der Waals surface area contributed by atoms with Crippen LogP contribution in [0, 0.1) is 0 Å². The molecule has 2 aromatic carbocycles. The normalized spacial score (nSPS) is 10.7. The van der Waals surface area contributed by atoms with E-state index in [4.69, 9.17) is 28.2 Å². The Labute approximate surface area is 169 Å². The van der Waals surface area contributed by atoms with Gasteiger partial charge in [-0.2, -0.15) is 0 Å². The van der Waals surface area contributed by atoms with Gasteiger partial charge in [-0.25, -0.2) is 4.98 Å². The highest BCUT2D eigenvalue weighted by Gasteiger charge is 2.13. The van der Waals surface area contributed by atoms with Crippen molar-refractivity contribution >= 4 is 62.1 Å². The first-order valence-electron chi connectivity index (χ1n) is 7.91. The zero-order valence-electron chi connectivity index (χ0n) is 13.7. The van der Waals surface area contributed by atoms with Crippen LogP contribution in [0.1, 0.15) is 10.6 Å². The van der Waals surface area contributed by atoms with E-state index in [0.29, 0.717) is 10.7 Å². The van der Waals surface area contributed by atoms with Crippen LogP contribution in [-0.2, 0) is 0 Å². The molecule has 2 N–H and O–H groups in total. The van der Waals surface area contributed by atoms with Crippen LogP contribution in [0.15, 0.2) is 65.3 Å². The zero-order chi connectivity index (χ0) is 18.8. The fraction of sp³-hybridized carbons (Fsp3) is 0. The van der Waals surface area contributed by atoms with Gasteiger partial charge in [-0.3, -0.25) is 10.1 Å². The number of thiocarbonyl (C=S) groups is 1. The van der Waals surface area contributed by atoms with Crippen LogP contribution < -0.4 is 10.6 Å². The smallest absolute Gasteiger partial charge is 0.293 e. The molecule has 27 heavy (non-hydrogen) atoms. The summed E-state index contributed by atoms with van der Waals surface area (Å²) in [6.07, 6.45) is 1.42. The van der Waals surface area contributed by atoms with Gasteiger partial charge in [-0.15, -0.1) is 11.3 Å². The molecule has 0 bridgehead atoms. The molecule has 0 saturated heterocycles. The molecular weight excluding hydrogens is 402 g/mol. The summed E-state index contributed by atoms with van der Waals surface area (Å²) in [7, 11) is 0. The number of rotatable bonds is 3. The number of fused-ring (bicyclic) bond motifs is 1. The van der Waals surface area contributed by atoms with Gasteiger partial charge in [-0.05, 0) is 54.7 Å². The highest BCUT2D eigenvalue weighted by atomic mass is 35.5. The highest BCUT2D eigenvalue weighted by molar-refractivity contribution is 7.80. The molecular formula is C19H12ClN3O2S2. The van der Waals surface area contributed by atoms with E-state index >= 15 is 0 Å². The van der Waals surface area contributed by atoms with Gasteiger partial charge in [0.25, 0.3) is 5.91 Å². The third kappa shape index (κ3) is 3.85. The van der Waals surface area contributed by atoms with Crippen LogP contribution in [-0.4, -0.2) is 16.0 Å². The lowest BCUT2D eigenvalue weighted by Crippen LogP contribution is -2.33. The van der Waals surface area contributed by atoms with Crippen molar-refractivity contribution < 1.29 is 9.21 Å². The molecule has 134 valence electrons. The minimum Gasteiger partial charge on any atom is -0.459 e. The Morgan fingerprint density at radius 3 is 2.74 bits per heavy atom. The van der Waals surface area contributed by atoms with Gasteiger partial charge in [-0.1, -0.05) is 23.7 Å². The van der Waals surface area contributed by atoms with Crippen molar-refractivity contribution in [3.63, 3.8) is 0 Å². The molecule has 0 aliphatic heterocycles. The summed E-state index contributed by atoms with van der Waals surface area (Å²) in [5.74, 6) is -0.238. The lowest BCUT2D eigenvalue weighted by atomic mass is 10.2. The number of hydrogen-bond acceptors (Lipinski definition) is 5. The van der Waals surface area contributed by atoms with Gasteiger partial charge in [0.2, 0.25) is 0 Å². The third-order valence-electron chi connectivity index (χ3n) is 3.72. The molecule has 0 atom stereocenters. The molecule has 2 aromatic heterocycles. The monoisotopic (exact) mass is 413 g/mol. The molecule has 0 spiro atoms. The van der Waals surface area contributed by atoms with E-state index in [1.807, 2.05) is 36.4 Å². The summed E-state index contributed by atoms with van der Waals surface area (Å²) in [5.41, 5.74) is 2.45. The molecule has 0 aliphatic carbocycles. The van der Waals surface area contributed by atoms with E-state index in [-0.39, 0.29) is 10.9 Å². The number of carbonyl (C=O) groups is 1. The van der Waals surface area contributed by atoms with Crippen molar-refractivity contribution in [3.8, 4) is 10.6 Å². The molecule has 0 fully saturated rings. The number of thiazole rings is 1. The number of halogens is 1. The lowest BCUT2D eigenvalue weighted by Gasteiger charge is -2.10. The largest absolute Gasteiger partial charge is 0.459 e. The number of para-hydroxylation sites is 1. The van der Waals surface area contributed by atoms with Gasteiger partial charge < -0.3 is 9.73 Å². The second-order valence-electron chi connectivity index (χ2n) is 5.57. The maximum absolute atomic E-state index is 11.9. The summed E-state index contributed by atoms with van der Waals surface area (Å²) < 4.78 is 6.13. The number of hydrogen-bond donors (Lipinski definition) is 2. The van der Waals surface area contributed by atoms with Gasteiger partial charge >= 0.3 is 0 Å². The number of nitrogens with zero attached hydrogens (tertiary/aromatic N) is 1. The van der Waals surface area contributed by atoms with Crippen molar-refractivity contribution in [2.45, 2.75) is 0 Å². The van der Waals surface area contributed by atoms with Crippen LogP contribution >= 0.6 is 35.2 Å². The van der Waals surface area contributed by atoms with Crippen LogP contribution in [0.4, 0.5) is 5.69 Å². The first-order valence-corrected chi connectivity index (χ1v) is 9.52. The third-order valence-corrected chi connectivity index (χ3v) is 5.31. The van der Waals surface area contributed by atoms with E-state index in [1.54, 1.807) is 29.5 Å². The number of benzene rings is 2. The second-order valence-corrected chi connectivity index (χ2v) is 7.41. The number of nitrogens with one attached hydrogen (secondary N) is 2. The summed E-state index contributed by atoms with van der Waals surface area (Å²) in [6.45, 7) is 0. The number of anilines is 1. The second kappa shape index (κ2) is 7.48. The maximum atomic E-state index is 11.9. The topological polar surface area (TPSA) is 67.2 Å². The maximum Gasteiger partial charge on any atom is 0.293 e. The molecule has 5 nitrogen and oxygen atoms in total. The zero-order valence-corrected chi connectivity index (χ0v) is 16.1. The first-order chi connectivity index (χ1) is 13.1. The quantitative estimate of drug-likeness (QED) is 0.444. The molecule has 2 heterocycles. The van der Waals surface area contributed by atoms with E-state index in [2.05, 4.69) is 15.6 Å². The van der Waals surface area contributed by atoms with E-state index < -0.39 is 5.91 Å². The summed E-state index contributed by atoms with van der Waals surface area (Å²) in [4.78, 5) is 16.6. The Kier molecular flexibility index (Phi) is 4.89. The fourth-order valence-corrected chi connectivity index (χ4v) is 4.03. The molecule has 0 aliphatic rings. The van der Waals surface area contributed by atoms with Crippen LogP contribution in [0.2, 0.25) is 5.02 Å². The first kappa shape index (κ1) is 17.7. The Morgan fingerprint density at radius 1 is 1.15 bits per heavy atom. The molecule has 0 radical (unpaired) electrons. The molecule has 1 amide bonds. The van der Waals surface area contributed by atoms with Crippen molar-refractivity contribution in [1.82, 2.24) is 10.3 Å². The number of aromatic nitrogens is 1. The summed E-state index contributed by atoms with van der Waals surface area (Å²) in [5, 5.41) is 7.03. The van der Waals surface area contributed by atoms with E-state index in [1.165, 1.54) is 6.26 Å². The van der Waals surface area contributed by atoms with Gasteiger partial charge in [0.1, 0.15) is 5.01 Å². The molecule has 4 rings (SSSR count). The number of amides is 1. The van der Waals surface area contributed by atoms with Crippen LogP contribution in [0.25, 0.3) is 20.8 Å². The lowest BCUT2D eigenvalue weighted by molar-refractivity contribution is 0.0950. The minimum absolute atomic E-state index is 0.153. The molecule has 8 heteroatoms. The van der Waals surface area contributed by atoms with E-state index in [9.17, 15) is 4.79 Å². The van der Waals surface area contributed by atoms with Crippen LogP contribution in [0.3, 0.4) is 0 Å². The molecule has 0 saturated carbocycles. The van der Waals surface area contributed by atoms with E-state index in [0.717, 1.165) is 20.8 Å². The fourth-order valence-electron chi connectivity index (χ4n) is 2.49. The van der Waals surface area contributed by atoms with Gasteiger partial charge in [0.05, 0.1) is 21.5 Å². The van der Waals surface area contributed by atoms with Crippen molar-refractivity contribution in [2.75, 3.05) is 5.32 Å². The highest BCUT2D eigenvalue weighted by Crippen LogP contribution is 2.35. The number of furan rings is 1. The molecule has 0 unspecified atom stereocenters. The Balaban J connectivity index is 1.49. The summed E-state index contributed by atoms with van der Waals surface area (Å²) >= 11 is 13.2. The minimum atomic E-state index is -0.422. The average molecular weight is 414 g/mol. The SMILES string of the molecule is O=C(NC(=S)Nc1ccc(-c2nc3ccccc3s2)c(Cl)c1)c1ccco1. The summed E-state index contributed by atoms with van der Waals surface area (Å²) in [6, 6.07) is 16.6. The van der Waals surface area contributed by atoms with Crippen molar-refractivity contribution in [1.29, 1.82) is 0 Å². The standard InChI is InChI=1S/C19H12ClN3O2S2/c20-13-10-11(21-19(26)23-17(24)15-5-3-9-25-15)7-8-12(13)18-22-14-4-1-2-6-16(14)27-18/h1-10H,(H2,21,23,24,26).